The Balaban J connectivity index is 0.000000214. The molecule has 1 fully saturated rings. The van der Waals surface area contributed by atoms with Crippen LogP contribution in [0.3, 0.4) is 0 Å². The summed E-state index contributed by atoms with van der Waals surface area (Å²) in [5, 5.41) is 11.4. The maximum absolute atomic E-state index is 12.6. The molecule has 220 valence electrons. The van der Waals surface area contributed by atoms with Crippen LogP contribution in [-0.4, -0.2) is 35.1 Å². The van der Waals surface area contributed by atoms with Crippen molar-refractivity contribution in [1.29, 1.82) is 0 Å². The van der Waals surface area contributed by atoms with E-state index in [-0.39, 0.29) is 52.1 Å². The van der Waals surface area contributed by atoms with E-state index >= 15 is 0 Å². The number of aliphatic hydroxyl groups excluding tert-OH is 1. The van der Waals surface area contributed by atoms with Crippen LogP contribution in [0.1, 0.15) is 53.1 Å². The number of carbonyl (C=O) groups excluding carboxylic acids is 2. The number of ketones is 2. The predicted molar refractivity (Wildman–Crippen MR) is 165 cm³/mol. The first kappa shape index (κ1) is 33.4. The number of aliphatic hydroxyl groups is 1. The van der Waals surface area contributed by atoms with Gasteiger partial charge in [0.1, 0.15) is 5.76 Å². The summed E-state index contributed by atoms with van der Waals surface area (Å²) >= 11 is 5.96. The minimum atomic E-state index is -3.79. The van der Waals surface area contributed by atoms with Gasteiger partial charge in [-0.25, -0.2) is 8.42 Å². The molecule has 0 aliphatic heterocycles. The van der Waals surface area contributed by atoms with Gasteiger partial charge in [-0.3, -0.25) is 14.3 Å². The summed E-state index contributed by atoms with van der Waals surface area (Å²) in [6.07, 6.45) is 6.26. The number of nitrogens with two attached hydrogens (primary N) is 1. The third-order valence-electron chi connectivity index (χ3n) is 7.54. The normalized spacial score (nSPS) is 17.9. The Labute approximate surface area is 282 Å². The standard InChI is InChI=1S/C22H19ClO3.C10H9N4O2S.Na/c23-16-11-9-14(10-12-16)13-5-7-15(8-6-13)19-20(24)17-3-1-2-4-18(17)21(25)22(19)26;11-8-2-4-9(5-3-8)17(15,16)14-10-12-6-1-7-13-10;/h1-4,9-13,15,24H,5-8H2;1-7H,11H2;/q;-1;+1. The molecule has 0 bridgehead atoms. The van der Waals surface area contributed by atoms with Gasteiger partial charge in [-0.2, -0.15) is 0 Å². The fourth-order valence-corrected chi connectivity index (χ4v) is 6.37. The molecular weight excluding hydrogens is 611 g/mol. The molecule has 12 heteroatoms. The Morgan fingerprint density at radius 1 is 0.773 bits per heavy atom. The summed E-state index contributed by atoms with van der Waals surface area (Å²) < 4.78 is 27.2. The molecule has 2 aliphatic rings. The van der Waals surface area contributed by atoms with Crippen molar-refractivity contribution in [2.75, 3.05) is 5.73 Å². The first-order chi connectivity index (χ1) is 20.6. The van der Waals surface area contributed by atoms with Crippen molar-refractivity contribution in [1.82, 2.24) is 9.97 Å². The van der Waals surface area contributed by atoms with Crippen LogP contribution in [0, 0.1) is 5.92 Å². The Kier molecular flexibility index (Phi) is 11.0. The maximum atomic E-state index is 12.6. The van der Waals surface area contributed by atoms with Crippen LogP contribution >= 0.6 is 11.6 Å². The second-order valence-electron chi connectivity index (χ2n) is 10.3. The second kappa shape index (κ2) is 14.5. The molecule has 2 aliphatic carbocycles. The molecule has 0 saturated heterocycles. The van der Waals surface area contributed by atoms with Crippen LogP contribution in [0.5, 0.6) is 0 Å². The Bertz CT molecular complexity index is 1780. The van der Waals surface area contributed by atoms with E-state index in [2.05, 4.69) is 26.8 Å². The number of halogens is 1. The molecule has 1 heterocycles. The molecule has 0 amide bonds. The topological polar surface area (TPSA) is 154 Å². The molecule has 4 aromatic rings. The predicted octanol–water partition coefficient (Wildman–Crippen LogP) is 3.81. The van der Waals surface area contributed by atoms with E-state index < -0.39 is 21.6 Å². The molecular formula is C32H28ClN4NaO5S. The molecule has 1 saturated carbocycles. The number of allylic oxidation sites excluding steroid dienone is 1. The van der Waals surface area contributed by atoms with E-state index in [0.717, 1.165) is 30.7 Å². The second-order valence-corrected chi connectivity index (χ2v) is 12.3. The van der Waals surface area contributed by atoms with E-state index in [4.69, 9.17) is 17.3 Å². The summed E-state index contributed by atoms with van der Waals surface area (Å²) in [7, 11) is -3.79. The van der Waals surface area contributed by atoms with Crippen LogP contribution in [-0.2, 0) is 14.8 Å². The monoisotopic (exact) mass is 638 g/mol. The van der Waals surface area contributed by atoms with Gasteiger partial charge in [0.15, 0.2) is 0 Å². The van der Waals surface area contributed by atoms with Crippen molar-refractivity contribution < 1.29 is 52.7 Å². The summed E-state index contributed by atoms with van der Waals surface area (Å²) in [6.45, 7) is 0. The number of carbonyl (C=O) groups is 2. The van der Waals surface area contributed by atoms with E-state index in [9.17, 15) is 23.1 Å². The maximum Gasteiger partial charge on any atom is 1.00 e. The number of hydrogen-bond acceptors (Lipinski definition) is 8. The van der Waals surface area contributed by atoms with Gasteiger partial charge in [0.25, 0.3) is 0 Å². The zero-order valence-electron chi connectivity index (χ0n) is 23.9. The van der Waals surface area contributed by atoms with Crippen LogP contribution in [0.4, 0.5) is 11.6 Å². The number of sulfonamides is 1. The smallest absolute Gasteiger partial charge is 0.507 e. The quantitative estimate of drug-likeness (QED) is 0.190. The average molecular weight is 639 g/mol. The van der Waals surface area contributed by atoms with Crippen molar-refractivity contribution in [3.05, 3.63) is 123 Å². The Morgan fingerprint density at radius 2 is 1.34 bits per heavy atom. The summed E-state index contributed by atoms with van der Waals surface area (Å²) in [6, 6.07) is 22.0. The fourth-order valence-electron chi connectivity index (χ4n) is 5.35. The Morgan fingerprint density at radius 3 is 1.95 bits per heavy atom. The SMILES string of the molecule is Nc1ccc(S(=O)(=O)[N-]c2ncccn2)cc1.O=C1C(=O)c2ccccc2C(O)=C1C1CCC(c2ccc(Cl)cc2)CC1.[Na+]. The molecule has 44 heavy (non-hydrogen) atoms. The summed E-state index contributed by atoms with van der Waals surface area (Å²) in [5.41, 5.74) is 8.30. The van der Waals surface area contributed by atoms with Crippen LogP contribution < -0.4 is 35.3 Å². The minimum absolute atomic E-state index is 0. The number of aromatic nitrogens is 2. The molecule has 3 N–H and O–H groups in total. The van der Waals surface area contributed by atoms with Gasteiger partial charge in [-0.15, -0.1) is 0 Å². The zero-order chi connectivity index (χ0) is 30.6. The molecule has 1 aromatic heterocycles. The van der Waals surface area contributed by atoms with Crippen LogP contribution in [0.15, 0.2) is 102 Å². The molecule has 0 radical (unpaired) electrons. The van der Waals surface area contributed by atoms with Crippen molar-refractivity contribution in [3.63, 3.8) is 0 Å². The largest absolute Gasteiger partial charge is 1.00 e. The van der Waals surface area contributed by atoms with Gasteiger partial charge in [0.2, 0.25) is 21.6 Å². The molecule has 3 aromatic carbocycles. The third-order valence-corrected chi connectivity index (χ3v) is 9.07. The third kappa shape index (κ3) is 7.57. The molecule has 0 unspecified atom stereocenters. The number of nitrogens with zero attached hydrogens (tertiary/aromatic N) is 3. The minimum Gasteiger partial charge on any atom is -0.507 e. The number of Topliss-reactive ketones (excluding diaryl/α,β-unsaturated/α-hetero) is 2. The van der Waals surface area contributed by atoms with Gasteiger partial charge in [-0.1, -0.05) is 54.1 Å². The number of rotatable bonds is 5. The number of fused-ring (bicyclic) bond motifs is 1. The van der Waals surface area contributed by atoms with Crippen molar-refractivity contribution in [2.24, 2.45) is 5.92 Å². The van der Waals surface area contributed by atoms with E-state index in [1.807, 2.05) is 12.1 Å². The van der Waals surface area contributed by atoms with Crippen molar-refractivity contribution >= 4 is 50.6 Å². The average Bonchev–Trinajstić information content (AvgIpc) is 3.02. The number of nitrogen functional groups attached to an aromatic ring is 1. The van der Waals surface area contributed by atoms with Gasteiger partial charge in [0, 0.05) is 33.4 Å². The molecule has 6 rings (SSSR count). The first-order valence-corrected chi connectivity index (χ1v) is 15.4. The first-order valence-electron chi connectivity index (χ1n) is 13.6. The van der Waals surface area contributed by atoms with Gasteiger partial charge < -0.3 is 20.8 Å². The van der Waals surface area contributed by atoms with Crippen molar-refractivity contribution in [3.8, 4) is 0 Å². The van der Waals surface area contributed by atoms with E-state index in [0.29, 0.717) is 28.3 Å². The number of hydrogen-bond donors (Lipinski definition) is 2. The molecule has 0 spiro atoms. The van der Waals surface area contributed by atoms with Crippen LogP contribution in [0.2, 0.25) is 5.02 Å². The van der Waals surface area contributed by atoms with E-state index in [1.54, 1.807) is 30.3 Å². The van der Waals surface area contributed by atoms with Gasteiger partial charge in [-0.05, 0) is 91.9 Å². The zero-order valence-corrected chi connectivity index (χ0v) is 27.5. The van der Waals surface area contributed by atoms with Crippen LogP contribution in [0.25, 0.3) is 10.5 Å². The Hall–Kier alpha value is -3.54. The van der Waals surface area contributed by atoms with Gasteiger partial charge in [0.05, 0.1) is 4.90 Å². The molecule has 9 nitrogen and oxygen atoms in total. The fraction of sp³-hybridized carbons (Fsp3) is 0.188. The number of benzene rings is 3. The van der Waals surface area contributed by atoms with Crippen molar-refractivity contribution in [2.45, 2.75) is 36.5 Å². The van der Waals surface area contributed by atoms with Gasteiger partial charge >= 0.3 is 29.6 Å². The molecule has 0 atom stereocenters. The number of anilines is 1. The summed E-state index contributed by atoms with van der Waals surface area (Å²) in [5.74, 6) is -0.801. The summed E-state index contributed by atoms with van der Waals surface area (Å²) in [4.78, 5) is 32.5. The van der Waals surface area contributed by atoms with E-state index in [1.165, 1.54) is 42.2 Å².